The molecule has 0 amide bonds. The van der Waals surface area contributed by atoms with E-state index >= 15 is 0 Å². The molecule has 0 aromatic heterocycles. The number of carbonyl (C=O) groups is 1. The predicted octanol–water partition coefficient (Wildman–Crippen LogP) is 1.16. The van der Waals surface area contributed by atoms with E-state index < -0.39 is 5.97 Å². The van der Waals surface area contributed by atoms with Crippen molar-refractivity contribution in [2.75, 3.05) is 6.54 Å². The number of carboxylic acids is 1. The maximum absolute atomic E-state index is 10.3. The Morgan fingerprint density at radius 1 is 1.44 bits per heavy atom. The highest BCUT2D eigenvalue weighted by atomic mass is 16.4. The number of aliphatic carboxylic acids is 1. The molecule has 82 valence electrons. The molecule has 2 N–H and O–H groups in total. The molecule has 1 aliphatic rings. The Hall–Kier alpha value is -1.79. The first-order chi connectivity index (χ1) is 7.75. The minimum atomic E-state index is -0.882. The number of hydrogen-bond acceptors (Lipinski definition) is 2. The van der Waals surface area contributed by atoms with E-state index in [1.807, 2.05) is 12.1 Å². The van der Waals surface area contributed by atoms with Gasteiger partial charge in [-0.25, -0.2) is 0 Å². The summed E-state index contributed by atoms with van der Waals surface area (Å²) in [6.07, 6.45) is 0.952. The Morgan fingerprint density at radius 2 is 2.31 bits per heavy atom. The van der Waals surface area contributed by atoms with E-state index in [1.54, 1.807) is 0 Å². The minimum absolute atomic E-state index is 0.102. The average molecular weight is 215 g/mol. The van der Waals surface area contributed by atoms with Gasteiger partial charge in [-0.05, 0) is 36.2 Å². The summed E-state index contributed by atoms with van der Waals surface area (Å²) in [5.74, 6) is 4.62. The van der Waals surface area contributed by atoms with Gasteiger partial charge in [0.25, 0.3) is 0 Å². The second-order valence-electron chi connectivity index (χ2n) is 3.78. The van der Waals surface area contributed by atoms with Crippen LogP contribution in [0.4, 0.5) is 0 Å². The zero-order valence-electron chi connectivity index (χ0n) is 8.92. The lowest BCUT2D eigenvalue weighted by molar-refractivity contribution is -0.135. The smallest absolute Gasteiger partial charge is 0.315 e. The molecule has 0 unspecified atom stereocenters. The summed E-state index contributed by atoms with van der Waals surface area (Å²) in [6, 6.07) is 6.08. The van der Waals surface area contributed by atoms with Gasteiger partial charge in [0, 0.05) is 12.1 Å². The molecule has 1 aromatic rings. The first-order valence-electron chi connectivity index (χ1n) is 5.29. The third-order valence-electron chi connectivity index (χ3n) is 2.57. The molecule has 1 heterocycles. The topological polar surface area (TPSA) is 49.3 Å². The number of nitrogens with one attached hydrogen (secondary N) is 1. The van der Waals surface area contributed by atoms with E-state index in [0.29, 0.717) is 0 Å². The van der Waals surface area contributed by atoms with Crippen molar-refractivity contribution in [3.63, 3.8) is 0 Å². The summed E-state index contributed by atoms with van der Waals surface area (Å²) in [4.78, 5) is 10.3. The monoisotopic (exact) mass is 215 g/mol. The van der Waals surface area contributed by atoms with Gasteiger partial charge in [-0.1, -0.05) is 17.9 Å². The van der Waals surface area contributed by atoms with Crippen LogP contribution in [0.3, 0.4) is 0 Å². The molecule has 16 heavy (non-hydrogen) atoms. The Bertz CT molecular complexity index is 469. The van der Waals surface area contributed by atoms with Crippen LogP contribution in [0.15, 0.2) is 18.2 Å². The van der Waals surface area contributed by atoms with Crippen molar-refractivity contribution in [2.45, 2.75) is 19.4 Å². The van der Waals surface area contributed by atoms with E-state index in [0.717, 1.165) is 25.1 Å². The van der Waals surface area contributed by atoms with Crippen molar-refractivity contribution in [3.8, 4) is 11.8 Å². The van der Waals surface area contributed by atoms with E-state index in [1.165, 1.54) is 11.1 Å². The molecule has 0 saturated carbocycles. The quantitative estimate of drug-likeness (QED) is 0.691. The van der Waals surface area contributed by atoms with Gasteiger partial charge in [-0.2, -0.15) is 0 Å². The Labute approximate surface area is 94.5 Å². The Balaban J connectivity index is 2.16. The highest BCUT2D eigenvalue weighted by molar-refractivity contribution is 5.70. The molecule has 3 heteroatoms. The van der Waals surface area contributed by atoms with Crippen LogP contribution in [0.5, 0.6) is 0 Å². The van der Waals surface area contributed by atoms with Gasteiger partial charge < -0.3 is 10.4 Å². The molecule has 0 aliphatic carbocycles. The largest absolute Gasteiger partial charge is 0.481 e. The summed E-state index contributed by atoms with van der Waals surface area (Å²) in [7, 11) is 0. The Morgan fingerprint density at radius 3 is 3.12 bits per heavy atom. The van der Waals surface area contributed by atoms with Crippen LogP contribution < -0.4 is 5.32 Å². The summed E-state index contributed by atoms with van der Waals surface area (Å²) in [5, 5.41) is 11.8. The molecule has 0 atom stereocenters. The summed E-state index contributed by atoms with van der Waals surface area (Å²) >= 11 is 0. The molecule has 0 fully saturated rings. The van der Waals surface area contributed by atoms with Gasteiger partial charge in [0.2, 0.25) is 0 Å². The standard InChI is InChI=1S/C13H13NO2/c15-13(16)3-1-2-10-4-5-11-6-7-14-9-12(11)8-10/h4-5,8,14H,3,6-7,9H2,(H,15,16). The van der Waals surface area contributed by atoms with Crippen LogP contribution in [0.25, 0.3) is 0 Å². The predicted molar refractivity (Wildman–Crippen MR) is 61.0 cm³/mol. The third kappa shape index (κ3) is 2.62. The van der Waals surface area contributed by atoms with E-state index in [-0.39, 0.29) is 6.42 Å². The lowest BCUT2D eigenvalue weighted by Gasteiger charge is -2.16. The fourth-order valence-electron chi connectivity index (χ4n) is 1.78. The first-order valence-corrected chi connectivity index (χ1v) is 5.29. The van der Waals surface area contributed by atoms with Crippen molar-refractivity contribution >= 4 is 5.97 Å². The summed E-state index contributed by atoms with van der Waals surface area (Å²) in [6.45, 7) is 1.90. The lowest BCUT2D eigenvalue weighted by atomic mass is 9.99. The number of hydrogen-bond donors (Lipinski definition) is 2. The van der Waals surface area contributed by atoms with Crippen LogP contribution in [0.2, 0.25) is 0 Å². The highest BCUT2D eigenvalue weighted by Crippen LogP contribution is 2.15. The van der Waals surface area contributed by atoms with Gasteiger partial charge in [0.1, 0.15) is 6.42 Å². The van der Waals surface area contributed by atoms with Crippen molar-refractivity contribution in [1.29, 1.82) is 0 Å². The second kappa shape index (κ2) is 4.82. The van der Waals surface area contributed by atoms with Gasteiger partial charge >= 0.3 is 5.97 Å². The van der Waals surface area contributed by atoms with Crippen molar-refractivity contribution < 1.29 is 9.90 Å². The second-order valence-corrected chi connectivity index (χ2v) is 3.78. The number of carboxylic acid groups (broad SMARTS) is 1. The molecule has 0 bridgehead atoms. The van der Waals surface area contributed by atoms with E-state index in [2.05, 4.69) is 23.2 Å². The van der Waals surface area contributed by atoms with Gasteiger partial charge in [-0.3, -0.25) is 4.79 Å². The molecule has 0 spiro atoms. The van der Waals surface area contributed by atoms with E-state index in [9.17, 15) is 4.79 Å². The SMILES string of the molecule is O=C(O)CC#Cc1ccc2c(c1)CNCC2. The van der Waals surface area contributed by atoms with Crippen LogP contribution in [-0.4, -0.2) is 17.6 Å². The van der Waals surface area contributed by atoms with Gasteiger partial charge in [0.05, 0.1) is 0 Å². The summed E-state index contributed by atoms with van der Waals surface area (Å²) in [5.41, 5.74) is 3.53. The molecular weight excluding hydrogens is 202 g/mol. The molecule has 3 nitrogen and oxygen atoms in total. The molecule has 1 aliphatic heterocycles. The first kappa shape index (κ1) is 10.7. The average Bonchev–Trinajstić information content (AvgIpc) is 2.28. The fraction of sp³-hybridized carbons (Fsp3) is 0.308. The number of fused-ring (bicyclic) bond motifs is 1. The molecule has 0 radical (unpaired) electrons. The van der Waals surface area contributed by atoms with E-state index in [4.69, 9.17) is 5.11 Å². The molecule has 2 rings (SSSR count). The molecular formula is C13H13NO2. The molecule has 1 aromatic carbocycles. The number of benzene rings is 1. The van der Waals surface area contributed by atoms with Crippen molar-refractivity contribution in [3.05, 3.63) is 34.9 Å². The van der Waals surface area contributed by atoms with Crippen molar-refractivity contribution in [2.24, 2.45) is 0 Å². The fourth-order valence-corrected chi connectivity index (χ4v) is 1.78. The zero-order valence-corrected chi connectivity index (χ0v) is 8.92. The number of rotatable bonds is 1. The maximum Gasteiger partial charge on any atom is 0.315 e. The Kier molecular flexibility index (Phi) is 3.23. The van der Waals surface area contributed by atoms with Crippen LogP contribution in [-0.2, 0) is 17.8 Å². The van der Waals surface area contributed by atoms with Gasteiger partial charge in [-0.15, -0.1) is 0 Å². The van der Waals surface area contributed by atoms with Crippen molar-refractivity contribution in [1.82, 2.24) is 5.32 Å². The van der Waals surface area contributed by atoms with Crippen LogP contribution >= 0.6 is 0 Å². The normalized spacial score (nSPS) is 13.5. The maximum atomic E-state index is 10.3. The highest BCUT2D eigenvalue weighted by Gasteiger charge is 2.07. The lowest BCUT2D eigenvalue weighted by Crippen LogP contribution is -2.23. The zero-order chi connectivity index (χ0) is 11.4. The van der Waals surface area contributed by atoms with Crippen LogP contribution in [0.1, 0.15) is 23.1 Å². The van der Waals surface area contributed by atoms with Gasteiger partial charge in [0.15, 0.2) is 0 Å². The van der Waals surface area contributed by atoms with Crippen LogP contribution in [0, 0.1) is 11.8 Å². The summed E-state index contributed by atoms with van der Waals surface area (Å²) < 4.78 is 0. The molecule has 0 saturated heterocycles. The minimum Gasteiger partial charge on any atom is -0.481 e. The third-order valence-corrected chi connectivity index (χ3v) is 2.57.